The van der Waals surface area contributed by atoms with Crippen molar-refractivity contribution in [3.63, 3.8) is 0 Å². The Morgan fingerprint density at radius 2 is 1.23 bits per heavy atom. The van der Waals surface area contributed by atoms with Crippen LogP contribution in [0.2, 0.25) is 0 Å². The first-order chi connectivity index (χ1) is 25.6. The molecule has 4 aromatic rings. The van der Waals surface area contributed by atoms with Crippen molar-refractivity contribution in [1.29, 1.82) is 5.41 Å². The lowest BCUT2D eigenvalue weighted by Gasteiger charge is -2.25. The summed E-state index contributed by atoms with van der Waals surface area (Å²) in [5.41, 5.74) is 21.2. The summed E-state index contributed by atoms with van der Waals surface area (Å²) in [4.78, 5) is 41.0. The van der Waals surface area contributed by atoms with Crippen molar-refractivity contribution in [2.45, 2.75) is 56.7 Å². The Bertz CT molecular complexity index is 1830. The van der Waals surface area contributed by atoms with E-state index in [1.807, 2.05) is 97.1 Å². The van der Waals surface area contributed by atoms with Gasteiger partial charge in [0.1, 0.15) is 12.1 Å². The van der Waals surface area contributed by atoms with Crippen LogP contribution < -0.4 is 49.6 Å². The van der Waals surface area contributed by atoms with E-state index in [-0.39, 0.29) is 37.1 Å². The van der Waals surface area contributed by atoms with Crippen LogP contribution >= 0.6 is 0 Å². The highest BCUT2D eigenvalue weighted by molar-refractivity contribution is 5.93. The molecule has 4 rings (SSSR count). The molecule has 0 aliphatic carbocycles. The molecule has 0 fully saturated rings. The van der Waals surface area contributed by atoms with E-state index in [4.69, 9.17) is 28.5 Å². The van der Waals surface area contributed by atoms with Crippen molar-refractivity contribution >= 4 is 40.4 Å². The molecule has 14 nitrogen and oxygen atoms in total. The average Bonchev–Trinajstić information content (AvgIpc) is 3.17. The smallest absolute Gasteiger partial charge is 0.243 e. The van der Waals surface area contributed by atoms with Gasteiger partial charge in [-0.2, -0.15) is 0 Å². The molecule has 3 amide bonds. The average molecular weight is 722 g/mol. The normalized spacial score (nSPS) is 13.0. The van der Waals surface area contributed by atoms with Gasteiger partial charge >= 0.3 is 0 Å². The van der Waals surface area contributed by atoms with Crippen LogP contribution in [0.4, 0.5) is 0 Å². The fraction of sp³-hybridized carbons (Fsp3) is 0.308. The zero-order valence-corrected chi connectivity index (χ0v) is 29.8. The van der Waals surface area contributed by atoms with Crippen LogP contribution in [0, 0.1) is 5.41 Å². The van der Waals surface area contributed by atoms with Gasteiger partial charge in [-0.3, -0.25) is 19.8 Å². The van der Waals surface area contributed by atoms with Gasteiger partial charge in [0.05, 0.1) is 6.04 Å². The number of amides is 3. The number of carbonyl (C=O) groups excluding carboxylic acids is 3. The van der Waals surface area contributed by atoms with Crippen molar-refractivity contribution in [2.24, 2.45) is 28.1 Å². The number of unbranched alkanes of at least 4 members (excludes halogenated alkanes) is 1. The van der Waals surface area contributed by atoms with Crippen LogP contribution in [0.1, 0.15) is 36.8 Å². The second kappa shape index (κ2) is 20.6. The van der Waals surface area contributed by atoms with E-state index in [1.54, 1.807) is 0 Å². The minimum Gasteiger partial charge on any atom is -0.370 e. The highest BCUT2D eigenvalue weighted by Gasteiger charge is 2.28. The van der Waals surface area contributed by atoms with Gasteiger partial charge in [-0.1, -0.05) is 97.1 Å². The van der Waals surface area contributed by atoms with E-state index in [1.165, 1.54) is 0 Å². The number of hydrogen-bond acceptors (Lipinski definition) is 7. The fourth-order valence-electron chi connectivity index (χ4n) is 5.82. The number of fused-ring (bicyclic) bond motifs is 1. The van der Waals surface area contributed by atoms with Crippen molar-refractivity contribution in [2.75, 3.05) is 19.6 Å². The van der Waals surface area contributed by atoms with E-state index >= 15 is 0 Å². The second-order valence-corrected chi connectivity index (χ2v) is 12.8. The van der Waals surface area contributed by atoms with Gasteiger partial charge in [0.15, 0.2) is 5.96 Å². The van der Waals surface area contributed by atoms with Crippen LogP contribution in [-0.2, 0) is 27.2 Å². The van der Waals surface area contributed by atoms with Crippen LogP contribution in [0.3, 0.4) is 0 Å². The third kappa shape index (κ3) is 13.2. The number of hydrogen-bond donors (Lipinski definition) is 10. The number of nitrogens with one attached hydrogen (secondary N) is 6. The Labute approximate surface area is 310 Å². The minimum atomic E-state index is -1.00. The monoisotopic (exact) mass is 721 g/mol. The molecule has 0 radical (unpaired) electrons. The molecule has 0 unspecified atom stereocenters. The molecular formula is C39H51N11O3. The number of rotatable bonds is 19. The van der Waals surface area contributed by atoms with Crippen molar-refractivity contribution < 1.29 is 14.4 Å². The third-order valence-corrected chi connectivity index (χ3v) is 8.71. The third-order valence-electron chi connectivity index (χ3n) is 8.71. The molecule has 3 atom stereocenters. The van der Waals surface area contributed by atoms with Gasteiger partial charge < -0.3 is 49.6 Å². The highest BCUT2D eigenvalue weighted by Crippen LogP contribution is 2.20. The molecule has 14 N–H and O–H groups in total. The van der Waals surface area contributed by atoms with Gasteiger partial charge in [-0.15, -0.1) is 5.10 Å². The molecule has 0 aliphatic heterocycles. The lowest BCUT2D eigenvalue weighted by atomic mass is 9.99. The summed E-state index contributed by atoms with van der Waals surface area (Å²) in [5.74, 6) is 3.77. The van der Waals surface area contributed by atoms with Crippen LogP contribution in [0.25, 0.3) is 21.9 Å². The SMILES string of the molecule is N=C(N)NCCCCNC(=O)[C@H](Cc1ccc2ccccc2c1)NC(=O)[C@H](CCCNC(N)=NN)NC(=O)[C@@H](N)Cc1ccc(-c2ccccc2)cc1. The van der Waals surface area contributed by atoms with Crippen molar-refractivity contribution in [3.8, 4) is 11.1 Å². The standard InChI is InChI=1S/C39H51N11O3/c40-32(24-26-14-17-30(18-15-26)28-9-2-1-3-10-28)35(51)48-33(13-8-22-47-39(43)50-44)37(53)49-34(36(52)45-20-6-7-21-46-38(41)42)25-27-16-19-29-11-4-5-12-31(29)23-27/h1-5,9-12,14-19,23,32-34H,6-8,13,20-22,24-25,40,44H2,(H,45,52)(H,48,51)(H,49,53)(H4,41,42,46)(H3,43,47,50)/t32-,33-,34-/m0/s1. The lowest BCUT2D eigenvalue weighted by molar-refractivity contribution is -0.132. The van der Waals surface area contributed by atoms with Gasteiger partial charge in [-0.05, 0) is 65.1 Å². The van der Waals surface area contributed by atoms with Crippen LogP contribution in [-0.4, -0.2) is 67.4 Å². The maximum Gasteiger partial charge on any atom is 0.243 e. The number of nitrogens with two attached hydrogens (primary N) is 4. The molecule has 0 saturated carbocycles. The first-order valence-corrected chi connectivity index (χ1v) is 17.7. The van der Waals surface area contributed by atoms with Gasteiger partial charge in [0.2, 0.25) is 23.7 Å². The molecular weight excluding hydrogens is 671 g/mol. The van der Waals surface area contributed by atoms with Crippen LogP contribution in [0.15, 0.2) is 102 Å². The number of carbonyl (C=O) groups is 3. The molecule has 0 heterocycles. The summed E-state index contributed by atoms with van der Waals surface area (Å²) in [5, 5.41) is 27.0. The Morgan fingerprint density at radius 3 is 1.92 bits per heavy atom. The Balaban J connectivity index is 1.46. The predicted molar refractivity (Wildman–Crippen MR) is 210 cm³/mol. The summed E-state index contributed by atoms with van der Waals surface area (Å²) < 4.78 is 0. The molecule has 280 valence electrons. The summed E-state index contributed by atoms with van der Waals surface area (Å²) in [7, 11) is 0. The Morgan fingerprint density at radius 1 is 0.623 bits per heavy atom. The summed E-state index contributed by atoms with van der Waals surface area (Å²) >= 11 is 0. The zero-order valence-electron chi connectivity index (χ0n) is 29.8. The number of guanidine groups is 2. The van der Waals surface area contributed by atoms with E-state index in [0.717, 1.165) is 33.0 Å². The quantitative estimate of drug-likeness (QED) is 0.0221. The number of nitrogens with zero attached hydrogens (tertiary/aromatic N) is 1. The molecule has 0 spiro atoms. The van der Waals surface area contributed by atoms with E-state index < -0.39 is 29.9 Å². The van der Waals surface area contributed by atoms with Gasteiger partial charge in [0, 0.05) is 26.1 Å². The molecule has 0 bridgehead atoms. The summed E-state index contributed by atoms with van der Waals surface area (Å²) in [6.07, 6.45) is 2.43. The molecule has 4 aromatic carbocycles. The van der Waals surface area contributed by atoms with E-state index in [0.29, 0.717) is 38.9 Å². The molecule has 0 aliphatic rings. The predicted octanol–water partition coefficient (Wildman–Crippen LogP) is 1.53. The van der Waals surface area contributed by atoms with Crippen LogP contribution in [0.5, 0.6) is 0 Å². The van der Waals surface area contributed by atoms with Gasteiger partial charge in [0.25, 0.3) is 0 Å². The molecule has 14 heteroatoms. The number of hydrazone groups is 1. The molecule has 53 heavy (non-hydrogen) atoms. The zero-order chi connectivity index (χ0) is 38.0. The van der Waals surface area contributed by atoms with Gasteiger partial charge in [-0.25, -0.2) is 0 Å². The minimum absolute atomic E-state index is 0.0412. The maximum atomic E-state index is 13.9. The second-order valence-electron chi connectivity index (χ2n) is 12.8. The molecule has 0 saturated heterocycles. The number of benzene rings is 4. The largest absolute Gasteiger partial charge is 0.370 e. The highest BCUT2D eigenvalue weighted by atomic mass is 16.2. The topological polar surface area (TPSA) is 252 Å². The van der Waals surface area contributed by atoms with Crippen molar-refractivity contribution in [1.82, 2.24) is 26.6 Å². The summed E-state index contributed by atoms with van der Waals surface area (Å²) in [6, 6.07) is 28.7. The first kappa shape index (κ1) is 39.6. The fourth-order valence-corrected chi connectivity index (χ4v) is 5.82. The summed E-state index contributed by atoms with van der Waals surface area (Å²) in [6.45, 7) is 1.20. The Kier molecular flexibility index (Phi) is 15.4. The first-order valence-electron chi connectivity index (χ1n) is 17.7. The maximum absolute atomic E-state index is 13.9. The van der Waals surface area contributed by atoms with E-state index in [2.05, 4.69) is 31.7 Å². The van der Waals surface area contributed by atoms with E-state index in [9.17, 15) is 14.4 Å². The molecule has 0 aromatic heterocycles. The lowest BCUT2D eigenvalue weighted by Crippen LogP contribution is -2.56. The van der Waals surface area contributed by atoms with Crippen molar-refractivity contribution in [3.05, 3.63) is 108 Å². The Hall–Kier alpha value is -6.15.